The molecule has 1 aromatic carbocycles. The summed E-state index contributed by atoms with van der Waals surface area (Å²) in [4.78, 5) is 11.9. The van der Waals surface area contributed by atoms with Crippen LogP contribution in [-0.2, 0) is 22.4 Å². The van der Waals surface area contributed by atoms with Crippen LogP contribution in [0.25, 0.3) is 11.0 Å². The van der Waals surface area contributed by atoms with Crippen LogP contribution in [0, 0.1) is 0 Å². The van der Waals surface area contributed by atoms with Gasteiger partial charge in [0.05, 0.1) is 19.6 Å². The number of aliphatic hydroxyl groups is 1. The summed E-state index contributed by atoms with van der Waals surface area (Å²) >= 11 is 0. The molecule has 0 aliphatic heterocycles. The standard InChI is InChI=1S/C16H18O4.C2H6/c1-19-16(18)13-4-2-3-11-12(13)5-6-15-14(11)9-10(20-15)7-8-17;1-2/h5-6,9,13,17H,2-4,7-8H2,1H3;1-2H3. The van der Waals surface area contributed by atoms with E-state index in [0.29, 0.717) is 6.42 Å². The zero-order chi connectivity index (χ0) is 16.1. The van der Waals surface area contributed by atoms with Crippen molar-refractivity contribution in [3.05, 3.63) is 35.1 Å². The monoisotopic (exact) mass is 304 g/mol. The second-order valence-electron chi connectivity index (χ2n) is 5.20. The van der Waals surface area contributed by atoms with Crippen molar-refractivity contribution < 1.29 is 19.1 Å². The topological polar surface area (TPSA) is 59.7 Å². The first-order chi connectivity index (χ1) is 10.7. The lowest BCUT2D eigenvalue weighted by Crippen LogP contribution is -2.19. The lowest BCUT2D eigenvalue weighted by molar-refractivity contribution is -0.142. The Labute approximate surface area is 131 Å². The van der Waals surface area contributed by atoms with E-state index in [1.54, 1.807) is 0 Å². The minimum Gasteiger partial charge on any atom is -0.469 e. The Morgan fingerprint density at radius 1 is 1.41 bits per heavy atom. The molecule has 2 aromatic rings. The molecule has 4 heteroatoms. The Bertz CT molecular complexity index is 642. The number of ether oxygens (including phenoxy) is 1. The van der Waals surface area contributed by atoms with Crippen LogP contribution in [0.1, 0.15) is 49.5 Å². The molecule has 0 amide bonds. The van der Waals surface area contributed by atoms with Gasteiger partial charge in [-0.3, -0.25) is 4.79 Å². The van der Waals surface area contributed by atoms with Gasteiger partial charge in [-0.2, -0.15) is 0 Å². The fourth-order valence-corrected chi connectivity index (χ4v) is 3.10. The summed E-state index contributed by atoms with van der Waals surface area (Å²) in [6.07, 6.45) is 3.29. The van der Waals surface area contributed by atoms with Gasteiger partial charge in [0.15, 0.2) is 0 Å². The van der Waals surface area contributed by atoms with E-state index in [1.807, 2.05) is 32.0 Å². The molecule has 1 N–H and O–H groups in total. The minimum atomic E-state index is -0.163. The van der Waals surface area contributed by atoms with Crippen molar-refractivity contribution in [2.45, 2.75) is 45.4 Å². The molecular formula is C18H24O4. The maximum atomic E-state index is 11.9. The highest BCUT2D eigenvalue weighted by Crippen LogP contribution is 2.37. The van der Waals surface area contributed by atoms with Crippen LogP contribution >= 0.6 is 0 Å². The Morgan fingerprint density at radius 2 is 2.18 bits per heavy atom. The van der Waals surface area contributed by atoms with Crippen LogP contribution in [0.5, 0.6) is 0 Å². The number of carbonyl (C=O) groups excluding carboxylic acids is 1. The average Bonchev–Trinajstić information content (AvgIpc) is 2.99. The molecule has 1 unspecified atom stereocenters. The lowest BCUT2D eigenvalue weighted by Gasteiger charge is -2.23. The van der Waals surface area contributed by atoms with Crippen LogP contribution in [0.2, 0.25) is 0 Å². The van der Waals surface area contributed by atoms with Gasteiger partial charge in [0.1, 0.15) is 11.3 Å². The molecule has 1 aliphatic carbocycles. The number of fused-ring (bicyclic) bond motifs is 3. The zero-order valence-electron chi connectivity index (χ0n) is 13.5. The maximum Gasteiger partial charge on any atom is 0.313 e. The molecular weight excluding hydrogens is 280 g/mol. The first-order valence-electron chi connectivity index (χ1n) is 7.97. The molecule has 1 aliphatic rings. The molecule has 0 bridgehead atoms. The van der Waals surface area contributed by atoms with E-state index in [2.05, 4.69) is 0 Å². The van der Waals surface area contributed by atoms with Gasteiger partial charge in [0.2, 0.25) is 0 Å². The van der Waals surface area contributed by atoms with Crippen molar-refractivity contribution in [3.8, 4) is 0 Å². The first-order valence-corrected chi connectivity index (χ1v) is 7.97. The molecule has 1 atom stereocenters. The van der Waals surface area contributed by atoms with Gasteiger partial charge in [-0.25, -0.2) is 0 Å². The predicted molar refractivity (Wildman–Crippen MR) is 86.0 cm³/mol. The third kappa shape index (κ3) is 3.02. The minimum absolute atomic E-state index is 0.0762. The Hall–Kier alpha value is -1.81. The van der Waals surface area contributed by atoms with Crippen LogP contribution in [0.4, 0.5) is 0 Å². The Morgan fingerprint density at radius 3 is 2.86 bits per heavy atom. The van der Waals surface area contributed by atoms with Gasteiger partial charge in [-0.1, -0.05) is 19.9 Å². The summed E-state index contributed by atoms with van der Waals surface area (Å²) in [6, 6.07) is 5.88. The van der Waals surface area contributed by atoms with Gasteiger partial charge >= 0.3 is 5.97 Å². The van der Waals surface area contributed by atoms with Crippen molar-refractivity contribution >= 4 is 16.9 Å². The highest BCUT2D eigenvalue weighted by molar-refractivity contribution is 5.87. The van der Waals surface area contributed by atoms with Crippen molar-refractivity contribution in [2.75, 3.05) is 13.7 Å². The molecule has 1 aromatic heterocycles. The second kappa shape index (κ2) is 7.45. The van der Waals surface area contributed by atoms with Crippen LogP contribution < -0.4 is 0 Å². The Balaban J connectivity index is 0.000000847. The number of carbonyl (C=O) groups is 1. The van der Waals surface area contributed by atoms with Crippen LogP contribution in [0.15, 0.2) is 22.6 Å². The lowest BCUT2D eigenvalue weighted by atomic mass is 9.81. The third-order valence-corrected chi connectivity index (χ3v) is 4.04. The van der Waals surface area contributed by atoms with E-state index in [4.69, 9.17) is 14.3 Å². The number of hydrogen-bond donors (Lipinski definition) is 1. The van der Waals surface area contributed by atoms with Crippen LogP contribution in [0.3, 0.4) is 0 Å². The fourth-order valence-electron chi connectivity index (χ4n) is 3.10. The third-order valence-electron chi connectivity index (χ3n) is 4.04. The molecule has 0 radical (unpaired) electrons. The maximum absolute atomic E-state index is 11.9. The number of rotatable bonds is 3. The molecule has 1 heterocycles. The van der Waals surface area contributed by atoms with Crippen molar-refractivity contribution in [2.24, 2.45) is 0 Å². The van der Waals surface area contributed by atoms with E-state index in [9.17, 15) is 4.79 Å². The number of hydrogen-bond acceptors (Lipinski definition) is 4. The number of benzene rings is 1. The van der Waals surface area contributed by atoms with E-state index in [1.165, 1.54) is 12.7 Å². The van der Waals surface area contributed by atoms with Crippen LogP contribution in [-0.4, -0.2) is 24.8 Å². The second-order valence-corrected chi connectivity index (χ2v) is 5.20. The molecule has 0 saturated carbocycles. The molecule has 0 saturated heterocycles. The summed E-state index contributed by atoms with van der Waals surface area (Å²) in [5.74, 6) is 0.463. The highest BCUT2D eigenvalue weighted by Gasteiger charge is 2.28. The average molecular weight is 304 g/mol. The molecule has 120 valence electrons. The van der Waals surface area contributed by atoms with E-state index < -0.39 is 0 Å². The van der Waals surface area contributed by atoms with E-state index >= 15 is 0 Å². The zero-order valence-corrected chi connectivity index (χ0v) is 13.5. The van der Waals surface area contributed by atoms with Crippen molar-refractivity contribution in [3.63, 3.8) is 0 Å². The van der Waals surface area contributed by atoms with Gasteiger partial charge in [0.25, 0.3) is 0 Å². The summed E-state index contributed by atoms with van der Waals surface area (Å²) in [5.41, 5.74) is 3.08. The fraction of sp³-hybridized carbons (Fsp3) is 0.500. The highest BCUT2D eigenvalue weighted by atomic mass is 16.5. The molecule has 22 heavy (non-hydrogen) atoms. The number of aliphatic hydroxyl groups excluding tert-OH is 1. The molecule has 3 rings (SSSR count). The molecule has 4 nitrogen and oxygen atoms in total. The van der Waals surface area contributed by atoms with Crippen molar-refractivity contribution in [1.82, 2.24) is 0 Å². The summed E-state index contributed by atoms with van der Waals surface area (Å²) in [5, 5.41) is 10.1. The summed E-state index contributed by atoms with van der Waals surface area (Å²) in [6.45, 7) is 4.08. The Kier molecular flexibility index (Phi) is 5.61. The predicted octanol–water partition coefficient (Wildman–Crippen LogP) is 3.59. The van der Waals surface area contributed by atoms with Gasteiger partial charge in [-0.15, -0.1) is 0 Å². The number of furan rings is 1. The van der Waals surface area contributed by atoms with Crippen molar-refractivity contribution in [1.29, 1.82) is 0 Å². The number of methoxy groups -OCH3 is 1. The smallest absolute Gasteiger partial charge is 0.313 e. The normalized spacial score (nSPS) is 16.6. The summed E-state index contributed by atoms with van der Waals surface area (Å²) < 4.78 is 10.6. The first kappa shape index (κ1) is 16.6. The SMILES string of the molecule is CC.COC(=O)C1CCCc2c1ccc1oc(CCO)cc21. The van der Waals surface area contributed by atoms with E-state index in [0.717, 1.165) is 41.6 Å². The molecule has 0 spiro atoms. The quantitative estimate of drug-likeness (QED) is 0.880. The molecule has 0 fully saturated rings. The van der Waals surface area contributed by atoms with Gasteiger partial charge in [0, 0.05) is 11.8 Å². The van der Waals surface area contributed by atoms with Gasteiger partial charge < -0.3 is 14.3 Å². The summed E-state index contributed by atoms with van der Waals surface area (Å²) in [7, 11) is 1.44. The van der Waals surface area contributed by atoms with E-state index in [-0.39, 0.29) is 18.5 Å². The number of esters is 1. The van der Waals surface area contributed by atoms with Gasteiger partial charge in [-0.05, 0) is 42.5 Å². The number of aryl methyl sites for hydroxylation is 1. The largest absolute Gasteiger partial charge is 0.469 e.